The molecular weight excluding hydrogens is 911 g/mol. The number of benzene rings is 4. The van der Waals surface area contributed by atoms with E-state index in [2.05, 4.69) is 23.2 Å². The molecule has 0 bridgehead atoms. The second kappa shape index (κ2) is 23.7. The van der Waals surface area contributed by atoms with Crippen molar-refractivity contribution in [3.63, 3.8) is 0 Å². The Morgan fingerprint density at radius 1 is 0.594 bits per heavy atom. The first kappa shape index (κ1) is 49.1. The van der Waals surface area contributed by atoms with Crippen LogP contribution in [-0.4, -0.2) is 67.6 Å². The average Bonchev–Trinajstić information content (AvgIpc) is 3.82. The number of nitrogens with zero attached hydrogens (tertiary/aromatic N) is 3. The van der Waals surface area contributed by atoms with E-state index in [4.69, 9.17) is 37.9 Å². The fraction of sp³-hybridized carbons (Fsp3) is 0.294. The Labute approximate surface area is 401 Å². The van der Waals surface area contributed by atoms with Crippen molar-refractivity contribution in [2.24, 2.45) is 28.8 Å². The number of hydrazone groups is 1. The first-order chi connectivity index (χ1) is 33.4. The molecule has 2 fully saturated rings. The predicted molar refractivity (Wildman–Crippen MR) is 252 cm³/mol. The summed E-state index contributed by atoms with van der Waals surface area (Å²) < 4.78 is 44.3. The van der Waals surface area contributed by atoms with Crippen LogP contribution in [0.5, 0.6) is 34.5 Å². The number of thiazole rings is 1. The van der Waals surface area contributed by atoms with Crippen LogP contribution in [0, 0.1) is 23.7 Å². The van der Waals surface area contributed by atoms with Gasteiger partial charge in [-0.15, -0.1) is 0 Å². The number of para-hydroxylation sites is 1. The van der Waals surface area contributed by atoms with Gasteiger partial charge in [-0.25, -0.2) is 19.6 Å². The van der Waals surface area contributed by atoms with E-state index in [1.165, 1.54) is 17.6 Å². The summed E-state index contributed by atoms with van der Waals surface area (Å²) in [6.07, 6.45) is 6.85. The average molecular weight is 960 g/mol. The minimum absolute atomic E-state index is 0.198. The number of rotatable bonds is 19. The first-order valence-corrected chi connectivity index (χ1v) is 22.9. The third-order valence-electron chi connectivity index (χ3n) is 11.4. The zero-order valence-corrected chi connectivity index (χ0v) is 38.5. The molecule has 1 aromatic heterocycles. The molecular formula is C51H49N3O14S. The summed E-state index contributed by atoms with van der Waals surface area (Å²) in [5, 5.41) is 6.83. The van der Waals surface area contributed by atoms with E-state index in [1.54, 1.807) is 78.8 Å². The monoisotopic (exact) mass is 959 g/mol. The normalized spacial score (nSPS) is 17.7. The lowest BCUT2D eigenvalue weighted by molar-refractivity contribution is -0.145. The molecule has 2 aliphatic carbocycles. The highest BCUT2D eigenvalue weighted by molar-refractivity contribution is 7.22. The van der Waals surface area contributed by atoms with Gasteiger partial charge in [0.05, 0.1) is 40.1 Å². The van der Waals surface area contributed by atoms with Crippen molar-refractivity contribution in [2.45, 2.75) is 51.4 Å². The maximum Gasteiger partial charge on any atom is 0.333 e. The Hall–Kier alpha value is -7.86. The summed E-state index contributed by atoms with van der Waals surface area (Å²) in [7, 11) is 1.74. The third-order valence-corrected chi connectivity index (χ3v) is 12.5. The van der Waals surface area contributed by atoms with Crippen molar-refractivity contribution in [2.75, 3.05) is 25.6 Å². The standard InChI is InChI=1S/C51H49N3O14S/c1-4-45(55)63-30-61-37-18-22-39(23-19-37)65-47(57)32-10-12-34(13-11-32)49(59)67-41-26-27-43(36(28-41)29-52-54(3)51-53-42-8-6-7-9-44(42)69-51)68-50(60)35-16-14-33(15-17-35)48(58)66-40-24-20-38(21-25-40)62-31-64-46(56)5-2/h4-9,18-29,32-35H,1-2,10-17,30-31H2,3H3/b52-29+. The molecule has 0 aliphatic heterocycles. The maximum absolute atomic E-state index is 13.6. The van der Waals surface area contributed by atoms with Crippen LogP contribution in [0.15, 0.2) is 121 Å². The Balaban J connectivity index is 0.933. The summed E-state index contributed by atoms with van der Waals surface area (Å²) in [6.45, 7) is 6.06. The number of anilines is 1. The zero-order chi connectivity index (χ0) is 48.7. The van der Waals surface area contributed by atoms with Gasteiger partial charge in [-0.3, -0.25) is 19.2 Å². The molecule has 0 saturated heterocycles. The van der Waals surface area contributed by atoms with Crippen molar-refractivity contribution >= 4 is 68.7 Å². The predicted octanol–water partition coefficient (Wildman–Crippen LogP) is 8.53. The number of carbonyl (C=O) groups excluding carboxylic acids is 6. The minimum Gasteiger partial charge on any atom is -0.457 e. The number of esters is 6. The third kappa shape index (κ3) is 13.9. The SMILES string of the molecule is C=CC(=O)OCOc1ccc(OC(=O)C2CCC(C(=O)Oc3ccc(OC(=O)C4CCC(C(=O)Oc5ccc(OCOC(=O)C=C)cc5)CC4)c(/C=N/N(C)c4nc5ccccc5s4)c3)CC2)cc1. The summed E-state index contributed by atoms with van der Waals surface area (Å²) >= 11 is 1.46. The second-order valence-corrected chi connectivity index (χ2v) is 17.0. The van der Waals surface area contributed by atoms with Gasteiger partial charge in [0.2, 0.25) is 18.7 Å². The molecule has 0 spiro atoms. The van der Waals surface area contributed by atoms with Crippen molar-refractivity contribution in [1.29, 1.82) is 0 Å². The molecule has 0 amide bonds. The summed E-state index contributed by atoms with van der Waals surface area (Å²) in [5.74, 6) is -2.88. The molecule has 1 heterocycles. The van der Waals surface area contributed by atoms with Crippen LogP contribution in [0.2, 0.25) is 0 Å². The molecule has 18 heteroatoms. The van der Waals surface area contributed by atoms with Gasteiger partial charge in [0, 0.05) is 24.8 Å². The Kier molecular flexibility index (Phi) is 16.9. The fourth-order valence-electron chi connectivity index (χ4n) is 7.54. The summed E-state index contributed by atoms with van der Waals surface area (Å²) in [6, 6.07) is 25.0. The molecule has 358 valence electrons. The molecule has 69 heavy (non-hydrogen) atoms. The van der Waals surface area contributed by atoms with Crippen LogP contribution in [0.25, 0.3) is 10.2 Å². The van der Waals surface area contributed by atoms with E-state index in [0.717, 1.165) is 22.4 Å². The van der Waals surface area contributed by atoms with Gasteiger partial charge in [-0.1, -0.05) is 36.6 Å². The lowest BCUT2D eigenvalue weighted by Gasteiger charge is -2.26. The van der Waals surface area contributed by atoms with Crippen LogP contribution in [0.3, 0.4) is 0 Å². The molecule has 17 nitrogen and oxygen atoms in total. The Bertz CT molecular complexity index is 2650. The second-order valence-electron chi connectivity index (χ2n) is 16.0. The summed E-state index contributed by atoms with van der Waals surface area (Å²) in [4.78, 5) is 80.3. The zero-order valence-electron chi connectivity index (χ0n) is 37.7. The largest absolute Gasteiger partial charge is 0.457 e. The van der Waals surface area contributed by atoms with Gasteiger partial charge in [0.25, 0.3) is 0 Å². The smallest absolute Gasteiger partial charge is 0.333 e. The van der Waals surface area contributed by atoms with Crippen molar-refractivity contribution in [3.05, 3.63) is 122 Å². The van der Waals surface area contributed by atoms with E-state index >= 15 is 0 Å². The molecule has 5 aromatic rings. The lowest BCUT2D eigenvalue weighted by atomic mass is 9.82. The molecule has 4 aromatic carbocycles. The van der Waals surface area contributed by atoms with E-state index < -0.39 is 59.5 Å². The van der Waals surface area contributed by atoms with Crippen molar-refractivity contribution in [1.82, 2.24) is 4.98 Å². The molecule has 2 aliphatic rings. The highest BCUT2D eigenvalue weighted by atomic mass is 32.1. The Morgan fingerprint density at radius 2 is 1.01 bits per heavy atom. The van der Waals surface area contributed by atoms with Crippen LogP contribution >= 0.6 is 11.3 Å². The molecule has 7 rings (SSSR count). The highest BCUT2D eigenvalue weighted by Crippen LogP contribution is 2.35. The molecule has 0 atom stereocenters. The fourth-order valence-corrected chi connectivity index (χ4v) is 8.42. The maximum atomic E-state index is 13.6. The number of carbonyl (C=O) groups is 6. The molecule has 0 radical (unpaired) electrons. The molecule has 2 saturated carbocycles. The number of aromatic nitrogens is 1. The number of hydrogen-bond acceptors (Lipinski definition) is 18. The molecule has 0 N–H and O–H groups in total. The number of fused-ring (bicyclic) bond motifs is 1. The van der Waals surface area contributed by atoms with Crippen LogP contribution < -0.4 is 33.4 Å². The van der Waals surface area contributed by atoms with Gasteiger partial charge in [-0.05, 0) is 130 Å². The van der Waals surface area contributed by atoms with Crippen LogP contribution in [0.4, 0.5) is 5.13 Å². The van der Waals surface area contributed by atoms with E-state index in [1.807, 2.05) is 24.3 Å². The number of hydrogen-bond donors (Lipinski definition) is 0. The lowest BCUT2D eigenvalue weighted by Crippen LogP contribution is -2.30. The van der Waals surface area contributed by atoms with Crippen molar-refractivity contribution in [3.8, 4) is 34.5 Å². The Morgan fingerprint density at radius 3 is 1.48 bits per heavy atom. The first-order valence-electron chi connectivity index (χ1n) is 22.1. The summed E-state index contributed by atoms with van der Waals surface area (Å²) in [5.41, 5.74) is 1.20. The van der Waals surface area contributed by atoms with Gasteiger partial charge in [0.15, 0.2) is 0 Å². The quantitative estimate of drug-likeness (QED) is 0.0190. The van der Waals surface area contributed by atoms with Crippen molar-refractivity contribution < 1.29 is 66.7 Å². The van der Waals surface area contributed by atoms with Crippen LogP contribution in [-0.2, 0) is 38.2 Å². The van der Waals surface area contributed by atoms with E-state index in [9.17, 15) is 28.8 Å². The molecule has 0 unspecified atom stereocenters. The topological polar surface area (TPSA) is 205 Å². The van der Waals surface area contributed by atoms with Crippen LogP contribution in [0.1, 0.15) is 56.9 Å². The van der Waals surface area contributed by atoms with Gasteiger partial charge in [-0.2, -0.15) is 5.10 Å². The van der Waals surface area contributed by atoms with Gasteiger partial charge >= 0.3 is 35.8 Å². The minimum atomic E-state index is -0.615. The number of ether oxygens (including phenoxy) is 8. The van der Waals surface area contributed by atoms with Gasteiger partial charge < -0.3 is 37.9 Å². The van der Waals surface area contributed by atoms with E-state index in [-0.39, 0.29) is 25.1 Å². The van der Waals surface area contributed by atoms with E-state index in [0.29, 0.717) is 85.1 Å². The highest BCUT2D eigenvalue weighted by Gasteiger charge is 2.34. The van der Waals surface area contributed by atoms with Gasteiger partial charge in [0.1, 0.15) is 34.5 Å².